The summed E-state index contributed by atoms with van der Waals surface area (Å²) in [6, 6.07) is 14.0. The lowest BCUT2D eigenvalue weighted by molar-refractivity contribution is 0.0697. The van der Waals surface area contributed by atoms with Gasteiger partial charge in [0, 0.05) is 37.0 Å². The second kappa shape index (κ2) is 15.3. The SMILES string of the molecule is CCCOC(Cn1c(CN2CCC(Oc3ccnc(COc4ccc(Cl)cc4Cl)c3)CC2)nc2ccc(C(=O)O)cc21)SC. The Morgan fingerprint density at radius 2 is 1.95 bits per heavy atom. The zero-order chi connectivity index (χ0) is 31.1. The van der Waals surface area contributed by atoms with Crippen molar-refractivity contribution in [2.45, 2.75) is 57.4 Å². The molecule has 1 fully saturated rings. The Balaban J connectivity index is 1.21. The van der Waals surface area contributed by atoms with Gasteiger partial charge in [0.2, 0.25) is 0 Å². The molecule has 5 rings (SSSR count). The van der Waals surface area contributed by atoms with Gasteiger partial charge in [0.1, 0.15) is 35.5 Å². The molecule has 0 radical (unpaired) electrons. The largest absolute Gasteiger partial charge is 0.490 e. The van der Waals surface area contributed by atoms with E-state index in [0.29, 0.717) is 35.5 Å². The molecule has 44 heavy (non-hydrogen) atoms. The first kappa shape index (κ1) is 32.4. The molecule has 3 heterocycles. The lowest BCUT2D eigenvalue weighted by atomic mass is 10.1. The Bertz CT molecular complexity index is 1580. The summed E-state index contributed by atoms with van der Waals surface area (Å²) in [6.45, 7) is 5.96. The molecular weight excluding hydrogens is 623 g/mol. The van der Waals surface area contributed by atoms with Crippen LogP contribution < -0.4 is 9.47 Å². The van der Waals surface area contributed by atoms with Crippen molar-refractivity contribution in [2.24, 2.45) is 0 Å². The number of nitrogens with zero attached hydrogens (tertiary/aromatic N) is 4. The zero-order valence-electron chi connectivity index (χ0n) is 24.7. The molecule has 2 aromatic heterocycles. The Morgan fingerprint density at radius 1 is 1.14 bits per heavy atom. The summed E-state index contributed by atoms with van der Waals surface area (Å²) < 4.78 is 20.3. The predicted molar refractivity (Wildman–Crippen MR) is 174 cm³/mol. The lowest BCUT2D eigenvalue weighted by Gasteiger charge is -2.32. The molecule has 0 aliphatic carbocycles. The molecular formula is C32H36Cl2N4O5S. The number of carboxylic acid groups (broad SMARTS) is 1. The van der Waals surface area contributed by atoms with E-state index in [1.54, 1.807) is 54.4 Å². The van der Waals surface area contributed by atoms with Crippen molar-refractivity contribution in [3.8, 4) is 11.5 Å². The molecule has 2 aromatic carbocycles. The molecule has 1 N–H and O–H groups in total. The van der Waals surface area contributed by atoms with Gasteiger partial charge in [-0.15, -0.1) is 11.8 Å². The van der Waals surface area contributed by atoms with Crippen LogP contribution in [0.4, 0.5) is 0 Å². The fourth-order valence-electron chi connectivity index (χ4n) is 5.15. The van der Waals surface area contributed by atoms with Crippen LogP contribution in [0.5, 0.6) is 11.5 Å². The zero-order valence-corrected chi connectivity index (χ0v) is 27.1. The first-order chi connectivity index (χ1) is 21.3. The molecule has 234 valence electrons. The molecule has 12 heteroatoms. The maximum atomic E-state index is 11.7. The van der Waals surface area contributed by atoms with Crippen molar-refractivity contribution in [3.63, 3.8) is 0 Å². The summed E-state index contributed by atoms with van der Waals surface area (Å²) in [4.78, 5) is 23.4. The van der Waals surface area contributed by atoms with Crippen LogP contribution >= 0.6 is 35.0 Å². The Morgan fingerprint density at radius 3 is 2.68 bits per heavy atom. The van der Waals surface area contributed by atoms with E-state index < -0.39 is 5.97 Å². The van der Waals surface area contributed by atoms with E-state index in [9.17, 15) is 9.90 Å². The topological polar surface area (TPSA) is 98.9 Å². The van der Waals surface area contributed by atoms with Gasteiger partial charge in [-0.1, -0.05) is 30.1 Å². The monoisotopic (exact) mass is 658 g/mol. The highest BCUT2D eigenvalue weighted by molar-refractivity contribution is 7.99. The quantitative estimate of drug-likeness (QED) is 0.141. The Hall–Kier alpha value is -3.02. The number of aromatic nitrogens is 3. The minimum Gasteiger partial charge on any atom is -0.490 e. The third kappa shape index (κ3) is 8.37. The highest BCUT2D eigenvalue weighted by Crippen LogP contribution is 2.29. The summed E-state index contributed by atoms with van der Waals surface area (Å²) >= 11 is 13.8. The number of benzene rings is 2. The molecule has 0 bridgehead atoms. The molecule has 1 atom stereocenters. The van der Waals surface area contributed by atoms with Crippen LogP contribution in [0.15, 0.2) is 54.7 Å². The van der Waals surface area contributed by atoms with Crippen molar-refractivity contribution in [2.75, 3.05) is 26.0 Å². The van der Waals surface area contributed by atoms with Gasteiger partial charge in [0.25, 0.3) is 0 Å². The van der Waals surface area contributed by atoms with Crippen molar-refractivity contribution < 1.29 is 24.1 Å². The minimum absolute atomic E-state index is 0.0578. The molecule has 0 spiro atoms. The van der Waals surface area contributed by atoms with Gasteiger partial charge in [-0.25, -0.2) is 9.78 Å². The van der Waals surface area contributed by atoms with Crippen molar-refractivity contribution >= 4 is 52.0 Å². The number of imidazole rings is 1. The number of rotatable bonds is 14. The third-order valence-corrected chi connectivity index (χ3v) is 8.78. The van der Waals surface area contributed by atoms with Gasteiger partial charge >= 0.3 is 5.97 Å². The summed E-state index contributed by atoms with van der Waals surface area (Å²) in [5.74, 6) is 1.25. The van der Waals surface area contributed by atoms with Gasteiger partial charge < -0.3 is 23.9 Å². The van der Waals surface area contributed by atoms with Crippen LogP contribution in [-0.4, -0.2) is 68.0 Å². The van der Waals surface area contributed by atoms with Crippen LogP contribution in [0.3, 0.4) is 0 Å². The summed E-state index contributed by atoms with van der Waals surface area (Å²) in [5.41, 5.74) is 2.53. The number of hydrogen-bond acceptors (Lipinski definition) is 8. The average molecular weight is 660 g/mol. The van der Waals surface area contributed by atoms with E-state index in [-0.39, 0.29) is 23.7 Å². The standard InChI is InChI=1S/C32H36Cl2N4O5S/c1-3-14-41-31(44-2)19-38-28-15-21(32(39)40)4-6-27(28)36-30(38)18-37-12-9-24(10-13-37)43-25-8-11-35-23(17-25)20-42-29-7-5-22(33)16-26(29)34/h4-8,11,15-17,24,31H,3,9-10,12-14,18-20H2,1-2H3,(H,39,40). The van der Waals surface area contributed by atoms with E-state index in [4.69, 9.17) is 42.4 Å². The maximum Gasteiger partial charge on any atom is 0.335 e. The number of hydrogen-bond donors (Lipinski definition) is 1. The Labute approximate surface area is 271 Å². The highest BCUT2D eigenvalue weighted by Gasteiger charge is 2.24. The molecule has 0 amide bonds. The number of thioether (sulfide) groups is 1. The summed E-state index contributed by atoms with van der Waals surface area (Å²) in [5, 5.41) is 10.6. The van der Waals surface area contributed by atoms with E-state index >= 15 is 0 Å². The molecule has 9 nitrogen and oxygen atoms in total. The minimum atomic E-state index is -0.952. The van der Waals surface area contributed by atoms with Crippen molar-refractivity contribution in [1.29, 1.82) is 0 Å². The normalized spacial score (nSPS) is 15.0. The number of halogens is 2. The average Bonchev–Trinajstić information content (AvgIpc) is 3.35. The summed E-state index contributed by atoms with van der Waals surface area (Å²) in [6.07, 6.45) is 6.49. The molecule has 4 aromatic rings. The van der Waals surface area contributed by atoms with Crippen LogP contribution in [-0.2, 0) is 24.4 Å². The number of pyridine rings is 1. The van der Waals surface area contributed by atoms with Gasteiger partial charge in [0.05, 0.1) is 40.4 Å². The molecule has 1 aliphatic rings. The predicted octanol–water partition coefficient (Wildman–Crippen LogP) is 7.17. The molecule has 0 saturated carbocycles. The van der Waals surface area contributed by atoms with Gasteiger partial charge in [-0.05, 0) is 68.0 Å². The number of aromatic carboxylic acids is 1. The van der Waals surface area contributed by atoms with E-state index in [2.05, 4.69) is 21.4 Å². The maximum absolute atomic E-state index is 11.7. The van der Waals surface area contributed by atoms with E-state index in [0.717, 1.165) is 60.7 Å². The number of carboxylic acids is 1. The van der Waals surface area contributed by atoms with E-state index in [1.165, 1.54) is 0 Å². The lowest BCUT2D eigenvalue weighted by Crippen LogP contribution is -2.38. The van der Waals surface area contributed by atoms with Crippen LogP contribution in [0.25, 0.3) is 11.0 Å². The first-order valence-corrected chi connectivity index (χ1v) is 16.7. The smallest absolute Gasteiger partial charge is 0.335 e. The van der Waals surface area contributed by atoms with Crippen molar-refractivity contribution in [1.82, 2.24) is 19.4 Å². The number of fused-ring (bicyclic) bond motifs is 1. The number of ether oxygens (including phenoxy) is 3. The third-order valence-electron chi connectivity index (χ3n) is 7.44. The molecule has 1 saturated heterocycles. The van der Waals surface area contributed by atoms with Gasteiger partial charge in [0.15, 0.2) is 0 Å². The number of likely N-dealkylation sites (tertiary alicyclic amines) is 1. The highest BCUT2D eigenvalue weighted by atomic mass is 35.5. The second-order valence-electron chi connectivity index (χ2n) is 10.6. The van der Waals surface area contributed by atoms with Gasteiger partial charge in [-0.2, -0.15) is 0 Å². The number of carbonyl (C=O) groups is 1. The van der Waals surface area contributed by atoms with Crippen LogP contribution in [0.2, 0.25) is 10.0 Å². The Kier molecular flexibility index (Phi) is 11.3. The fourth-order valence-corrected chi connectivity index (χ4v) is 6.15. The molecule has 1 aliphatic heterocycles. The van der Waals surface area contributed by atoms with Crippen LogP contribution in [0, 0.1) is 0 Å². The van der Waals surface area contributed by atoms with E-state index in [1.807, 2.05) is 18.4 Å². The van der Waals surface area contributed by atoms with Crippen LogP contribution in [0.1, 0.15) is 48.1 Å². The molecule has 1 unspecified atom stereocenters. The second-order valence-corrected chi connectivity index (χ2v) is 12.5. The summed E-state index contributed by atoms with van der Waals surface area (Å²) in [7, 11) is 0. The van der Waals surface area contributed by atoms with Gasteiger partial charge in [-0.3, -0.25) is 9.88 Å². The number of piperidine rings is 1. The van der Waals surface area contributed by atoms with Crippen molar-refractivity contribution in [3.05, 3.63) is 81.9 Å². The fraction of sp³-hybridized carbons (Fsp3) is 0.406. The first-order valence-electron chi connectivity index (χ1n) is 14.6.